The summed E-state index contributed by atoms with van der Waals surface area (Å²) in [5.41, 5.74) is -0.533. The van der Waals surface area contributed by atoms with Crippen molar-refractivity contribution < 1.29 is 19.1 Å². The summed E-state index contributed by atoms with van der Waals surface area (Å²) in [7, 11) is 1.32. The van der Waals surface area contributed by atoms with Crippen LogP contribution >= 0.6 is 0 Å². The molecule has 0 rings (SSSR count). The van der Waals surface area contributed by atoms with Crippen molar-refractivity contribution in [2.24, 2.45) is 4.99 Å². The number of esters is 1. The van der Waals surface area contributed by atoms with Crippen LogP contribution in [0.4, 0.5) is 4.79 Å². The molecule has 1 amide bonds. The maximum atomic E-state index is 11.6. The number of nitrogens with one attached hydrogen (secondary N) is 2. The van der Waals surface area contributed by atoms with Crippen molar-refractivity contribution in [1.82, 2.24) is 10.6 Å². The molecule has 0 saturated carbocycles. The molecule has 0 bridgehead atoms. The van der Waals surface area contributed by atoms with E-state index >= 15 is 0 Å². The summed E-state index contributed by atoms with van der Waals surface area (Å²) in [6.45, 7) is 9.22. The van der Waals surface area contributed by atoms with Crippen LogP contribution in [0.15, 0.2) is 4.99 Å². The van der Waals surface area contributed by atoms with E-state index in [2.05, 4.69) is 36.4 Å². The Morgan fingerprint density at radius 2 is 1.81 bits per heavy atom. The van der Waals surface area contributed by atoms with Crippen LogP contribution in [0.3, 0.4) is 0 Å². The van der Waals surface area contributed by atoms with Crippen LogP contribution in [0, 0.1) is 0 Å². The minimum absolute atomic E-state index is 0.196. The summed E-state index contributed by atoms with van der Waals surface area (Å²) in [6.07, 6.45) is -0.484. The summed E-state index contributed by atoms with van der Waals surface area (Å²) >= 11 is 2.72. The maximum absolute atomic E-state index is 11.6. The number of amides is 1. The van der Waals surface area contributed by atoms with E-state index < -0.39 is 17.7 Å². The third-order valence-corrected chi connectivity index (χ3v) is 2.68. The fourth-order valence-corrected chi connectivity index (χ4v) is 1.77. The SMILES string of the molecule is COC(=O)[C@H](C)NC([Se])=NCC(C)NC(=O)OC(C)(C)C. The van der Waals surface area contributed by atoms with Crippen molar-refractivity contribution >= 4 is 32.8 Å². The molecule has 0 aliphatic heterocycles. The molecule has 0 heterocycles. The van der Waals surface area contributed by atoms with Gasteiger partial charge in [0.25, 0.3) is 0 Å². The van der Waals surface area contributed by atoms with Gasteiger partial charge in [-0.2, -0.15) is 0 Å². The molecule has 0 aromatic carbocycles. The van der Waals surface area contributed by atoms with E-state index in [0.717, 1.165) is 0 Å². The first-order valence-electron chi connectivity index (χ1n) is 6.60. The van der Waals surface area contributed by atoms with Crippen molar-refractivity contribution in [3.63, 3.8) is 0 Å². The zero-order valence-corrected chi connectivity index (χ0v) is 15.1. The number of nitrogens with zero attached hydrogens (tertiary/aromatic N) is 1. The van der Waals surface area contributed by atoms with Crippen LogP contribution in [-0.4, -0.2) is 64.1 Å². The van der Waals surface area contributed by atoms with Gasteiger partial charge in [-0.05, 0) is 0 Å². The molecular formula is C13H24N3O4Se. The van der Waals surface area contributed by atoms with Gasteiger partial charge in [0.1, 0.15) is 0 Å². The van der Waals surface area contributed by atoms with Crippen molar-refractivity contribution in [3.05, 3.63) is 0 Å². The molecule has 2 atom stereocenters. The summed E-state index contributed by atoms with van der Waals surface area (Å²) in [5, 5.41) is 5.53. The third-order valence-electron chi connectivity index (χ3n) is 2.17. The van der Waals surface area contributed by atoms with Crippen LogP contribution in [0.1, 0.15) is 34.6 Å². The molecule has 0 spiro atoms. The second-order valence-electron chi connectivity index (χ2n) is 5.58. The van der Waals surface area contributed by atoms with Crippen molar-refractivity contribution in [1.29, 1.82) is 0 Å². The number of carbonyl (C=O) groups excluding carboxylic acids is 2. The number of ether oxygens (including phenoxy) is 2. The van der Waals surface area contributed by atoms with Gasteiger partial charge in [0.2, 0.25) is 0 Å². The number of hydrogen-bond acceptors (Lipinski definition) is 5. The van der Waals surface area contributed by atoms with E-state index in [4.69, 9.17) is 4.74 Å². The average molecular weight is 365 g/mol. The topological polar surface area (TPSA) is 89.0 Å². The monoisotopic (exact) mass is 366 g/mol. The zero-order valence-electron chi connectivity index (χ0n) is 13.4. The second kappa shape index (κ2) is 8.89. The first-order chi connectivity index (χ1) is 9.55. The molecule has 1 unspecified atom stereocenters. The predicted octanol–water partition coefficient (Wildman–Crippen LogP) is 0.575. The number of carbonyl (C=O) groups is 2. The van der Waals surface area contributed by atoms with Gasteiger partial charge in [-0.1, -0.05) is 0 Å². The van der Waals surface area contributed by atoms with Gasteiger partial charge >= 0.3 is 133 Å². The number of hydrogen-bond donors (Lipinski definition) is 2. The number of rotatable bonds is 5. The van der Waals surface area contributed by atoms with Gasteiger partial charge < -0.3 is 0 Å². The fourth-order valence-electron chi connectivity index (χ4n) is 1.24. The van der Waals surface area contributed by atoms with E-state index in [1.165, 1.54) is 7.11 Å². The van der Waals surface area contributed by atoms with Crippen LogP contribution in [-0.2, 0) is 14.3 Å². The third kappa shape index (κ3) is 10.1. The van der Waals surface area contributed by atoms with E-state index in [0.29, 0.717) is 11.3 Å². The van der Waals surface area contributed by atoms with Crippen LogP contribution in [0.5, 0.6) is 0 Å². The molecule has 21 heavy (non-hydrogen) atoms. The zero-order chi connectivity index (χ0) is 16.6. The fraction of sp³-hybridized carbons (Fsp3) is 0.769. The molecule has 121 valence electrons. The summed E-state index contributed by atoms with van der Waals surface area (Å²) < 4.78 is 10.2. The molecule has 2 N–H and O–H groups in total. The molecular weight excluding hydrogens is 341 g/mol. The van der Waals surface area contributed by atoms with Gasteiger partial charge in [-0.15, -0.1) is 0 Å². The van der Waals surface area contributed by atoms with Gasteiger partial charge in [-0.25, -0.2) is 0 Å². The molecule has 7 nitrogen and oxygen atoms in total. The van der Waals surface area contributed by atoms with E-state index in [9.17, 15) is 9.59 Å². The Labute approximate surface area is 134 Å². The molecule has 0 aliphatic carbocycles. The van der Waals surface area contributed by atoms with E-state index in [1.807, 2.05) is 6.92 Å². The molecule has 0 fully saturated rings. The van der Waals surface area contributed by atoms with Crippen LogP contribution in [0.2, 0.25) is 0 Å². The predicted molar refractivity (Wildman–Crippen MR) is 81.5 cm³/mol. The second-order valence-corrected chi connectivity index (χ2v) is 6.39. The molecule has 1 radical (unpaired) electrons. The van der Waals surface area contributed by atoms with Crippen molar-refractivity contribution in [3.8, 4) is 0 Å². The average Bonchev–Trinajstić information content (AvgIpc) is 2.32. The van der Waals surface area contributed by atoms with Crippen LogP contribution < -0.4 is 10.6 Å². The molecule has 0 aromatic heterocycles. The molecule has 0 aromatic rings. The number of amidine groups is 1. The number of methoxy groups -OCH3 is 1. The number of alkyl carbamates (subject to hydrolysis) is 1. The first kappa shape index (κ1) is 19.7. The summed E-state index contributed by atoms with van der Waals surface area (Å²) in [6, 6.07) is -0.692. The first-order valence-corrected chi connectivity index (χ1v) is 7.46. The van der Waals surface area contributed by atoms with Crippen LogP contribution in [0.25, 0.3) is 0 Å². The normalized spacial score (nSPS) is 14.9. The molecule has 8 heteroatoms. The minimum atomic E-state index is -0.533. The van der Waals surface area contributed by atoms with E-state index in [-0.39, 0.29) is 12.0 Å². The van der Waals surface area contributed by atoms with Gasteiger partial charge in [0.05, 0.1) is 0 Å². The van der Waals surface area contributed by atoms with Gasteiger partial charge in [-0.3, -0.25) is 0 Å². The van der Waals surface area contributed by atoms with Crippen molar-refractivity contribution in [2.75, 3.05) is 13.7 Å². The van der Waals surface area contributed by atoms with Gasteiger partial charge in [0, 0.05) is 0 Å². The van der Waals surface area contributed by atoms with Gasteiger partial charge in [0.15, 0.2) is 0 Å². The molecule has 0 aliphatic rings. The Morgan fingerprint density at radius 3 is 2.29 bits per heavy atom. The Hall–Kier alpha value is -1.27. The Bertz CT molecular complexity index is 393. The quantitative estimate of drug-likeness (QED) is 0.322. The summed E-state index contributed by atoms with van der Waals surface area (Å²) in [4.78, 5) is 27.0. The van der Waals surface area contributed by atoms with Crippen molar-refractivity contribution in [2.45, 2.75) is 52.3 Å². The number of aliphatic imine (C=N–C) groups is 1. The standard InChI is InChI=1S/C13H24N3O4Se/c1-8(15-12(18)20-13(3,4)5)7-14-11(21)16-9(2)10(17)19-6/h8-9H,7H2,1-6H3,(H,14,16)(H,15,18)/t8?,9-/m0/s1. The Kier molecular flexibility index (Phi) is 8.36. The summed E-state index contributed by atoms with van der Waals surface area (Å²) in [5.74, 6) is -0.377. The Balaban J connectivity index is 4.21. The van der Waals surface area contributed by atoms with E-state index in [1.54, 1.807) is 27.7 Å². The molecule has 0 saturated heterocycles. The Morgan fingerprint density at radius 1 is 1.24 bits per heavy atom.